The quantitative estimate of drug-likeness (QED) is 0.808. The lowest BCUT2D eigenvalue weighted by molar-refractivity contribution is -0.133. The molecular weight excluding hydrogens is 268 g/mol. The average Bonchev–Trinajstić information content (AvgIpc) is 2.84. The molecule has 1 heterocycles. The van der Waals surface area contributed by atoms with E-state index in [1.54, 1.807) is 7.11 Å². The number of thioether (sulfide) groups is 1. The van der Waals surface area contributed by atoms with Crippen molar-refractivity contribution in [2.45, 2.75) is 11.6 Å². The molecule has 0 aliphatic rings. The number of methoxy groups -OCH3 is 1. The van der Waals surface area contributed by atoms with Gasteiger partial charge in [-0.1, -0.05) is 29.1 Å². The number of carbonyl (C=O) groups is 1. The summed E-state index contributed by atoms with van der Waals surface area (Å²) in [5, 5.41) is 12.6. The third-order valence-corrected chi connectivity index (χ3v) is 3.07. The van der Waals surface area contributed by atoms with Crippen molar-refractivity contribution in [1.82, 2.24) is 10.1 Å². The summed E-state index contributed by atoms with van der Waals surface area (Å²) in [5.74, 6) is 0.265. The zero-order chi connectivity index (χ0) is 13.7. The molecule has 0 aliphatic carbocycles. The van der Waals surface area contributed by atoms with Crippen molar-refractivity contribution >= 4 is 17.7 Å². The number of hydrogen-bond acceptors (Lipinski definition) is 6. The van der Waals surface area contributed by atoms with Crippen LogP contribution in [0, 0.1) is 0 Å². The van der Waals surface area contributed by atoms with E-state index >= 15 is 0 Å². The highest BCUT2D eigenvalue weighted by Gasteiger charge is 2.09. The molecule has 1 aromatic heterocycles. The van der Waals surface area contributed by atoms with E-state index in [9.17, 15) is 4.79 Å². The minimum absolute atomic E-state index is 0.0964. The van der Waals surface area contributed by atoms with Crippen molar-refractivity contribution in [3.63, 3.8) is 0 Å². The van der Waals surface area contributed by atoms with Gasteiger partial charge in [-0.15, -0.1) is 0 Å². The number of aromatic nitrogens is 2. The first kappa shape index (κ1) is 13.4. The van der Waals surface area contributed by atoms with Crippen LogP contribution in [0.1, 0.15) is 11.4 Å². The van der Waals surface area contributed by atoms with E-state index in [1.165, 1.54) is 0 Å². The monoisotopic (exact) mass is 280 g/mol. The maximum Gasteiger partial charge on any atom is 0.314 e. The van der Waals surface area contributed by atoms with Crippen molar-refractivity contribution in [1.29, 1.82) is 0 Å². The van der Waals surface area contributed by atoms with Gasteiger partial charge in [0.15, 0.2) is 5.82 Å². The summed E-state index contributed by atoms with van der Waals surface area (Å²) in [5.41, 5.74) is 0.995. The van der Waals surface area contributed by atoms with Gasteiger partial charge in [-0.05, 0) is 17.7 Å². The van der Waals surface area contributed by atoms with Gasteiger partial charge in [-0.3, -0.25) is 4.79 Å². The highest BCUT2D eigenvalue weighted by atomic mass is 32.2. The van der Waals surface area contributed by atoms with Gasteiger partial charge in [0.1, 0.15) is 11.5 Å². The van der Waals surface area contributed by atoms with Gasteiger partial charge >= 0.3 is 5.97 Å². The maximum atomic E-state index is 10.4. The standard InChI is InChI=1S/C12H12N2O4S/c1-17-9-4-2-3-8(5-9)6-10-13-12(18-14-10)19-7-11(15)16/h2-5H,6-7H2,1H3,(H,15,16). The molecule has 2 aromatic rings. The SMILES string of the molecule is COc1cccc(Cc2noc(SCC(=O)O)n2)c1. The van der Waals surface area contributed by atoms with Crippen molar-refractivity contribution < 1.29 is 19.2 Å². The van der Waals surface area contributed by atoms with E-state index in [2.05, 4.69) is 10.1 Å². The highest BCUT2D eigenvalue weighted by Crippen LogP contribution is 2.18. The number of carboxylic acid groups (broad SMARTS) is 1. The molecule has 7 heteroatoms. The molecule has 0 fully saturated rings. The molecule has 0 spiro atoms. The molecule has 19 heavy (non-hydrogen) atoms. The summed E-state index contributed by atoms with van der Waals surface area (Å²) in [6.45, 7) is 0. The number of aliphatic carboxylic acids is 1. The van der Waals surface area contributed by atoms with Gasteiger partial charge in [-0.25, -0.2) is 0 Å². The first-order chi connectivity index (χ1) is 9.17. The molecule has 1 N–H and O–H groups in total. The van der Waals surface area contributed by atoms with Crippen molar-refractivity contribution in [3.05, 3.63) is 35.7 Å². The fourth-order valence-corrected chi connectivity index (χ4v) is 1.96. The Labute approximate surface area is 113 Å². The van der Waals surface area contributed by atoms with E-state index in [-0.39, 0.29) is 11.0 Å². The lowest BCUT2D eigenvalue weighted by Crippen LogP contribution is -1.97. The molecule has 0 bridgehead atoms. The maximum absolute atomic E-state index is 10.4. The van der Waals surface area contributed by atoms with Gasteiger partial charge in [0, 0.05) is 6.42 Å². The third-order valence-electron chi connectivity index (χ3n) is 2.26. The largest absolute Gasteiger partial charge is 0.497 e. The van der Waals surface area contributed by atoms with Crippen LogP contribution in [-0.4, -0.2) is 34.1 Å². The fourth-order valence-electron chi connectivity index (χ4n) is 1.46. The lowest BCUT2D eigenvalue weighted by atomic mass is 10.1. The van der Waals surface area contributed by atoms with Crippen LogP contribution >= 0.6 is 11.8 Å². The zero-order valence-corrected chi connectivity index (χ0v) is 11.0. The minimum Gasteiger partial charge on any atom is -0.497 e. The van der Waals surface area contributed by atoms with E-state index < -0.39 is 5.97 Å². The fraction of sp³-hybridized carbons (Fsp3) is 0.250. The van der Waals surface area contributed by atoms with E-state index in [0.29, 0.717) is 12.2 Å². The van der Waals surface area contributed by atoms with E-state index in [4.69, 9.17) is 14.4 Å². The summed E-state index contributed by atoms with van der Waals surface area (Å²) >= 11 is 1.00. The van der Waals surface area contributed by atoms with Crippen LogP contribution in [0.5, 0.6) is 5.75 Å². The molecule has 0 unspecified atom stereocenters. The summed E-state index contributed by atoms with van der Waals surface area (Å²) in [7, 11) is 1.61. The molecule has 0 saturated heterocycles. The number of rotatable bonds is 6. The molecule has 0 atom stereocenters. The Bertz CT molecular complexity index is 570. The lowest BCUT2D eigenvalue weighted by Gasteiger charge is -2.01. The van der Waals surface area contributed by atoms with Crippen LogP contribution in [0.25, 0.3) is 0 Å². The second kappa shape index (κ2) is 6.24. The van der Waals surface area contributed by atoms with Crippen molar-refractivity contribution in [2.24, 2.45) is 0 Å². The zero-order valence-electron chi connectivity index (χ0n) is 10.2. The van der Waals surface area contributed by atoms with Crippen LogP contribution in [0.4, 0.5) is 0 Å². The number of ether oxygens (including phenoxy) is 1. The Kier molecular flexibility index (Phi) is 4.40. The Balaban J connectivity index is 2.00. The van der Waals surface area contributed by atoms with Gasteiger partial charge in [-0.2, -0.15) is 4.98 Å². The Morgan fingerprint density at radius 3 is 3.11 bits per heavy atom. The number of hydrogen-bond donors (Lipinski definition) is 1. The average molecular weight is 280 g/mol. The smallest absolute Gasteiger partial charge is 0.314 e. The van der Waals surface area contributed by atoms with Gasteiger partial charge in [0.25, 0.3) is 5.22 Å². The first-order valence-corrected chi connectivity index (χ1v) is 6.46. The van der Waals surface area contributed by atoms with E-state index in [0.717, 1.165) is 23.1 Å². The molecule has 100 valence electrons. The molecule has 2 rings (SSSR count). The molecule has 0 amide bonds. The summed E-state index contributed by atoms with van der Waals surface area (Å²) in [6.07, 6.45) is 0.508. The second-order valence-corrected chi connectivity index (χ2v) is 4.61. The molecule has 0 saturated carbocycles. The highest BCUT2D eigenvalue weighted by molar-refractivity contribution is 7.99. The van der Waals surface area contributed by atoms with Crippen LogP contribution in [-0.2, 0) is 11.2 Å². The normalized spacial score (nSPS) is 10.4. The van der Waals surface area contributed by atoms with Crippen LogP contribution in [0.3, 0.4) is 0 Å². The van der Waals surface area contributed by atoms with Gasteiger partial charge in [0.2, 0.25) is 0 Å². The molecular formula is C12H12N2O4S. The predicted octanol–water partition coefficient (Wildman–Crippen LogP) is 1.85. The van der Waals surface area contributed by atoms with E-state index in [1.807, 2.05) is 24.3 Å². The van der Waals surface area contributed by atoms with Gasteiger partial charge in [0.05, 0.1) is 7.11 Å². The van der Waals surface area contributed by atoms with Crippen molar-refractivity contribution in [3.8, 4) is 5.75 Å². The topological polar surface area (TPSA) is 85.5 Å². The molecule has 1 aromatic carbocycles. The summed E-state index contributed by atoms with van der Waals surface area (Å²) in [4.78, 5) is 14.5. The number of carboxylic acids is 1. The van der Waals surface area contributed by atoms with Crippen molar-refractivity contribution in [2.75, 3.05) is 12.9 Å². The van der Waals surface area contributed by atoms with Crippen LogP contribution in [0.2, 0.25) is 0 Å². The molecule has 0 aliphatic heterocycles. The minimum atomic E-state index is -0.919. The number of nitrogens with zero attached hydrogens (tertiary/aromatic N) is 2. The Hall–Kier alpha value is -2.02. The molecule has 6 nitrogen and oxygen atoms in total. The van der Waals surface area contributed by atoms with Crippen LogP contribution in [0.15, 0.2) is 34.0 Å². The molecule has 0 radical (unpaired) electrons. The van der Waals surface area contributed by atoms with Gasteiger partial charge < -0.3 is 14.4 Å². The third kappa shape index (κ3) is 3.99. The Morgan fingerprint density at radius 2 is 2.37 bits per heavy atom. The number of benzene rings is 1. The second-order valence-electron chi connectivity index (χ2n) is 3.69. The first-order valence-electron chi connectivity index (χ1n) is 5.47. The Morgan fingerprint density at radius 1 is 1.53 bits per heavy atom. The summed E-state index contributed by atoms with van der Waals surface area (Å²) < 4.78 is 10.1. The predicted molar refractivity (Wildman–Crippen MR) is 68.5 cm³/mol. The summed E-state index contributed by atoms with van der Waals surface area (Å²) in [6, 6.07) is 7.56. The van der Waals surface area contributed by atoms with Crippen LogP contribution < -0.4 is 4.74 Å².